The number of nitrogens with one attached hydrogen (secondary N) is 2. The first-order valence-corrected chi connectivity index (χ1v) is 11.1. The fourth-order valence-electron chi connectivity index (χ4n) is 4.85. The van der Waals surface area contributed by atoms with Gasteiger partial charge in [-0.15, -0.1) is 0 Å². The molecule has 2 fully saturated rings. The Labute approximate surface area is 170 Å². The number of furan rings is 1. The summed E-state index contributed by atoms with van der Waals surface area (Å²) in [5, 5.41) is 6.08. The molecule has 158 valence electrons. The van der Waals surface area contributed by atoms with E-state index in [1.54, 1.807) is 6.26 Å². The number of rotatable bonds is 8. The lowest BCUT2D eigenvalue weighted by molar-refractivity contribution is 0.139. The van der Waals surface area contributed by atoms with E-state index in [-0.39, 0.29) is 12.1 Å². The van der Waals surface area contributed by atoms with Crippen LogP contribution in [0.25, 0.3) is 0 Å². The quantitative estimate of drug-likeness (QED) is 0.667. The lowest BCUT2D eigenvalue weighted by atomic mass is 9.92. The summed E-state index contributed by atoms with van der Waals surface area (Å²) in [7, 11) is 0. The highest BCUT2D eigenvalue weighted by Crippen LogP contribution is 2.24. The van der Waals surface area contributed by atoms with Crippen molar-refractivity contribution in [1.29, 1.82) is 0 Å². The summed E-state index contributed by atoms with van der Waals surface area (Å²) >= 11 is 0. The SMILES string of the molecule is CC1CC(C)CN(CCCNC(=O)NCC(c2ccco2)N2CCCCC2)C1. The lowest BCUT2D eigenvalue weighted by Crippen LogP contribution is -2.44. The van der Waals surface area contributed by atoms with Gasteiger partial charge in [0.05, 0.1) is 12.3 Å². The Morgan fingerprint density at radius 1 is 1.18 bits per heavy atom. The number of nitrogens with zero attached hydrogens (tertiary/aromatic N) is 2. The van der Waals surface area contributed by atoms with Crippen LogP contribution in [0.1, 0.15) is 57.8 Å². The molecule has 3 rings (SSSR count). The minimum Gasteiger partial charge on any atom is -0.468 e. The first-order valence-electron chi connectivity index (χ1n) is 11.1. The van der Waals surface area contributed by atoms with Crippen molar-refractivity contribution in [3.05, 3.63) is 24.2 Å². The third-order valence-electron chi connectivity index (χ3n) is 6.04. The maximum Gasteiger partial charge on any atom is 0.314 e. The van der Waals surface area contributed by atoms with Gasteiger partial charge in [0.1, 0.15) is 5.76 Å². The van der Waals surface area contributed by atoms with Gasteiger partial charge < -0.3 is 20.0 Å². The van der Waals surface area contributed by atoms with Crippen molar-refractivity contribution in [1.82, 2.24) is 20.4 Å². The minimum atomic E-state index is -0.0751. The molecule has 6 heteroatoms. The molecule has 0 saturated carbocycles. The van der Waals surface area contributed by atoms with Gasteiger partial charge in [0.25, 0.3) is 0 Å². The second-order valence-corrected chi connectivity index (χ2v) is 8.82. The molecule has 2 N–H and O–H groups in total. The van der Waals surface area contributed by atoms with Crippen LogP contribution in [0.4, 0.5) is 4.79 Å². The van der Waals surface area contributed by atoms with E-state index in [1.807, 2.05) is 12.1 Å². The average Bonchev–Trinajstić information content (AvgIpc) is 3.20. The molecule has 2 amide bonds. The Morgan fingerprint density at radius 2 is 1.93 bits per heavy atom. The number of hydrogen-bond acceptors (Lipinski definition) is 4. The van der Waals surface area contributed by atoms with Crippen LogP contribution in [-0.4, -0.2) is 61.6 Å². The molecule has 2 saturated heterocycles. The second-order valence-electron chi connectivity index (χ2n) is 8.82. The fourth-order valence-corrected chi connectivity index (χ4v) is 4.85. The summed E-state index contributed by atoms with van der Waals surface area (Å²) in [5.41, 5.74) is 0. The van der Waals surface area contributed by atoms with Crippen molar-refractivity contribution in [3.63, 3.8) is 0 Å². The number of carbonyl (C=O) groups is 1. The molecule has 0 bridgehead atoms. The molecule has 3 unspecified atom stereocenters. The standard InChI is InChI=1S/C22H38N4O2/c1-18-14-19(2)17-25(16-18)10-7-9-23-22(27)24-15-20(21-8-6-13-28-21)26-11-4-3-5-12-26/h6,8,13,18-20H,3-5,7,9-12,14-17H2,1-2H3,(H2,23,24,27). The molecule has 0 aliphatic carbocycles. The Balaban J connectivity index is 1.36. The molecule has 0 radical (unpaired) electrons. The Bertz CT molecular complexity index is 561. The van der Waals surface area contributed by atoms with Crippen molar-refractivity contribution in [2.45, 2.75) is 52.0 Å². The van der Waals surface area contributed by atoms with E-state index in [0.29, 0.717) is 6.54 Å². The average molecular weight is 391 g/mol. The predicted octanol–water partition coefficient (Wildman–Crippen LogP) is 3.47. The molecule has 2 aliphatic rings. The van der Waals surface area contributed by atoms with E-state index in [0.717, 1.165) is 50.2 Å². The van der Waals surface area contributed by atoms with E-state index in [4.69, 9.17) is 4.42 Å². The molecule has 0 spiro atoms. The Hall–Kier alpha value is -1.53. The molecule has 3 heterocycles. The third-order valence-corrected chi connectivity index (χ3v) is 6.04. The van der Waals surface area contributed by atoms with Gasteiger partial charge in [-0.3, -0.25) is 4.90 Å². The van der Waals surface area contributed by atoms with Crippen LogP contribution < -0.4 is 10.6 Å². The fraction of sp³-hybridized carbons (Fsp3) is 0.773. The number of carbonyl (C=O) groups excluding carboxylic acids is 1. The monoisotopic (exact) mass is 390 g/mol. The van der Waals surface area contributed by atoms with E-state index >= 15 is 0 Å². The van der Waals surface area contributed by atoms with Crippen LogP contribution in [0.2, 0.25) is 0 Å². The molecule has 6 nitrogen and oxygen atoms in total. The van der Waals surface area contributed by atoms with Gasteiger partial charge in [0.2, 0.25) is 0 Å². The van der Waals surface area contributed by atoms with E-state index < -0.39 is 0 Å². The van der Waals surface area contributed by atoms with Crippen LogP contribution in [0.5, 0.6) is 0 Å². The van der Waals surface area contributed by atoms with Gasteiger partial charge in [-0.05, 0) is 69.3 Å². The van der Waals surface area contributed by atoms with E-state index in [2.05, 4.69) is 34.3 Å². The van der Waals surface area contributed by atoms with Crippen LogP contribution in [0, 0.1) is 11.8 Å². The zero-order chi connectivity index (χ0) is 19.8. The smallest absolute Gasteiger partial charge is 0.314 e. The Morgan fingerprint density at radius 3 is 2.61 bits per heavy atom. The van der Waals surface area contributed by atoms with Crippen molar-refractivity contribution in [2.75, 3.05) is 45.8 Å². The maximum absolute atomic E-state index is 12.3. The van der Waals surface area contributed by atoms with Crippen molar-refractivity contribution in [3.8, 4) is 0 Å². The predicted molar refractivity (Wildman–Crippen MR) is 112 cm³/mol. The number of amides is 2. The van der Waals surface area contributed by atoms with Gasteiger partial charge >= 0.3 is 6.03 Å². The number of likely N-dealkylation sites (tertiary alicyclic amines) is 2. The largest absolute Gasteiger partial charge is 0.468 e. The first kappa shape index (κ1) is 21.2. The van der Waals surface area contributed by atoms with Gasteiger partial charge in [0, 0.05) is 26.2 Å². The number of piperidine rings is 2. The summed E-state index contributed by atoms with van der Waals surface area (Å²) in [6.07, 6.45) is 7.79. The van der Waals surface area contributed by atoms with Crippen molar-refractivity contribution >= 4 is 6.03 Å². The molecule has 3 atom stereocenters. The molecule has 1 aromatic heterocycles. The van der Waals surface area contributed by atoms with Crippen LogP contribution in [0.3, 0.4) is 0 Å². The van der Waals surface area contributed by atoms with E-state index in [9.17, 15) is 4.79 Å². The molecule has 0 aromatic carbocycles. The van der Waals surface area contributed by atoms with Gasteiger partial charge in [-0.2, -0.15) is 0 Å². The number of urea groups is 1. The summed E-state index contributed by atoms with van der Waals surface area (Å²) < 4.78 is 5.65. The Kier molecular flexibility index (Phi) is 8.22. The first-order chi connectivity index (χ1) is 13.6. The zero-order valence-electron chi connectivity index (χ0n) is 17.7. The van der Waals surface area contributed by atoms with Crippen LogP contribution in [-0.2, 0) is 0 Å². The normalized spacial score (nSPS) is 25.4. The van der Waals surface area contributed by atoms with Crippen LogP contribution in [0.15, 0.2) is 22.8 Å². The van der Waals surface area contributed by atoms with Gasteiger partial charge in [0.15, 0.2) is 0 Å². The summed E-state index contributed by atoms with van der Waals surface area (Å²) in [5.74, 6) is 2.51. The summed E-state index contributed by atoms with van der Waals surface area (Å²) in [6.45, 7) is 11.6. The van der Waals surface area contributed by atoms with Crippen molar-refractivity contribution in [2.24, 2.45) is 11.8 Å². The second kappa shape index (κ2) is 10.9. The molecule has 2 aliphatic heterocycles. The van der Waals surface area contributed by atoms with Crippen LogP contribution >= 0.6 is 0 Å². The lowest BCUT2D eigenvalue weighted by Gasteiger charge is -2.35. The highest BCUT2D eigenvalue weighted by molar-refractivity contribution is 5.73. The topological polar surface area (TPSA) is 60.8 Å². The van der Waals surface area contributed by atoms with Gasteiger partial charge in [-0.1, -0.05) is 20.3 Å². The molecular weight excluding hydrogens is 352 g/mol. The highest BCUT2D eigenvalue weighted by Gasteiger charge is 2.25. The van der Waals surface area contributed by atoms with E-state index in [1.165, 1.54) is 38.8 Å². The maximum atomic E-state index is 12.3. The molecular formula is C22H38N4O2. The minimum absolute atomic E-state index is 0.0751. The number of hydrogen-bond donors (Lipinski definition) is 2. The third kappa shape index (κ3) is 6.52. The molecule has 1 aromatic rings. The zero-order valence-corrected chi connectivity index (χ0v) is 17.7. The van der Waals surface area contributed by atoms with Crippen molar-refractivity contribution < 1.29 is 9.21 Å². The molecule has 28 heavy (non-hydrogen) atoms. The van der Waals surface area contributed by atoms with Gasteiger partial charge in [-0.25, -0.2) is 4.79 Å². The summed E-state index contributed by atoms with van der Waals surface area (Å²) in [6, 6.07) is 3.99. The summed E-state index contributed by atoms with van der Waals surface area (Å²) in [4.78, 5) is 17.2. The highest BCUT2D eigenvalue weighted by atomic mass is 16.3.